The summed E-state index contributed by atoms with van der Waals surface area (Å²) >= 11 is 0. The average molecular weight is 317 g/mol. The number of nitrogens with one attached hydrogen (secondary N) is 4. The van der Waals surface area contributed by atoms with Gasteiger partial charge in [0, 0.05) is 45.2 Å². The number of aromatic amines is 1. The van der Waals surface area contributed by atoms with E-state index >= 15 is 0 Å². The zero-order valence-electron chi connectivity index (χ0n) is 12.7. The van der Waals surface area contributed by atoms with Gasteiger partial charge in [0.2, 0.25) is 0 Å². The molecular formula is C18H15N5O. The average Bonchev–Trinajstić information content (AvgIpc) is 3.09. The minimum Gasteiger partial charge on any atom is -0.370 e. The molecule has 0 bridgehead atoms. The van der Waals surface area contributed by atoms with Gasteiger partial charge in [-0.15, -0.1) is 0 Å². The van der Waals surface area contributed by atoms with Crippen molar-refractivity contribution >= 4 is 45.8 Å². The lowest BCUT2D eigenvalue weighted by molar-refractivity contribution is -0.110. The maximum absolute atomic E-state index is 12.3. The Hall–Kier alpha value is -3.54. The first-order valence-corrected chi connectivity index (χ1v) is 7.46. The fraction of sp³-hybridized carbons (Fsp3) is 0. The van der Waals surface area contributed by atoms with E-state index in [-0.39, 0.29) is 11.9 Å². The summed E-state index contributed by atoms with van der Waals surface area (Å²) in [5.74, 6) is -0.225. The first-order valence-electron chi connectivity index (χ1n) is 7.46. The van der Waals surface area contributed by atoms with Crippen LogP contribution in [0.5, 0.6) is 0 Å². The molecule has 6 heteroatoms. The number of hydrogen-bond acceptors (Lipinski definition) is 2. The SMILES string of the molecule is N=C(N)Nc1ccc2[nH]cc(/C=C3/C(=O)Nc4ccccc43)c2c1. The molecule has 0 spiro atoms. The number of anilines is 2. The van der Waals surface area contributed by atoms with E-state index in [1.807, 2.05) is 54.7 Å². The number of H-pyrrole nitrogens is 1. The van der Waals surface area contributed by atoms with Gasteiger partial charge in [0.25, 0.3) is 5.91 Å². The fourth-order valence-corrected chi connectivity index (χ4v) is 2.93. The molecule has 0 fully saturated rings. The molecule has 1 aliphatic rings. The number of hydrogen-bond donors (Lipinski definition) is 5. The van der Waals surface area contributed by atoms with Gasteiger partial charge in [-0.1, -0.05) is 18.2 Å². The molecule has 2 heterocycles. The summed E-state index contributed by atoms with van der Waals surface area (Å²) in [4.78, 5) is 15.5. The number of aromatic nitrogens is 1. The molecule has 0 saturated heterocycles. The number of fused-ring (bicyclic) bond motifs is 2. The van der Waals surface area contributed by atoms with E-state index in [0.717, 1.165) is 33.4 Å². The molecule has 24 heavy (non-hydrogen) atoms. The van der Waals surface area contributed by atoms with Gasteiger partial charge >= 0.3 is 0 Å². The van der Waals surface area contributed by atoms with Crippen LogP contribution < -0.4 is 16.4 Å². The lowest BCUT2D eigenvalue weighted by atomic mass is 10.0. The highest BCUT2D eigenvalue weighted by Gasteiger charge is 2.23. The van der Waals surface area contributed by atoms with Gasteiger partial charge < -0.3 is 21.4 Å². The molecule has 0 saturated carbocycles. The molecule has 0 aliphatic carbocycles. The zero-order valence-corrected chi connectivity index (χ0v) is 12.7. The third kappa shape index (κ3) is 2.30. The molecule has 1 amide bonds. The van der Waals surface area contributed by atoms with Crippen LogP contribution in [0, 0.1) is 5.41 Å². The van der Waals surface area contributed by atoms with Crippen LogP contribution in [0.25, 0.3) is 22.6 Å². The monoisotopic (exact) mass is 317 g/mol. The van der Waals surface area contributed by atoms with E-state index in [4.69, 9.17) is 11.1 Å². The number of amides is 1. The molecular weight excluding hydrogens is 302 g/mol. The van der Waals surface area contributed by atoms with Crippen molar-refractivity contribution < 1.29 is 4.79 Å². The van der Waals surface area contributed by atoms with Gasteiger partial charge in [0.15, 0.2) is 5.96 Å². The van der Waals surface area contributed by atoms with Crippen molar-refractivity contribution in [1.29, 1.82) is 5.41 Å². The number of benzene rings is 2. The van der Waals surface area contributed by atoms with Crippen molar-refractivity contribution in [3.05, 3.63) is 59.8 Å². The van der Waals surface area contributed by atoms with Crippen molar-refractivity contribution in [2.75, 3.05) is 10.6 Å². The summed E-state index contributed by atoms with van der Waals surface area (Å²) in [5.41, 5.74) is 10.3. The Balaban J connectivity index is 1.82. The number of para-hydroxylation sites is 1. The van der Waals surface area contributed by atoms with E-state index in [1.54, 1.807) is 0 Å². The van der Waals surface area contributed by atoms with E-state index in [2.05, 4.69) is 15.6 Å². The van der Waals surface area contributed by atoms with E-state index in [1.165, 1.54) is 0 Å². The van der Waals surface area contributed by atoms with Crippen LogP contribution in [0.3, 0.4) is 0 Å². The Bertz CT molecular complexity index is 1020. The Morgan fingerprint density at radius 2 is 2.04 bits per heavy atom. The highest BCUT2D eigenvalue weighted by molar-refractivity contribution is 6.35. The van der Waals surface area contributed by atoms with Gasteiger partial charge in [-0.3, -0.25) is 10.2 Å². The van der Waals surface area contributed by atoms with Gasteiger partial charge in [-0.05, 0) is 30.3 Å². The van der Waals surface area contributed by atoms with Crippen LogP contribution in [-0.2, 0) is 4.79 Å². The van der Waals surface area contributed by atoms with Crippen molar-refractivity contribution in [3.63, 3.8) is 0 Å². The number of carbonyl (C=O) groups excluding carboxylic acids is 1. The lowest BCUT2D eigenvalue weighted by Crippen LogP contribution is -2.20. The molecule has 0 radical (unpaired) electrons. The minimum absolute atomic E-state index is 0.108. The zero-order chi connectivity index (χ0) is 16.7. The maximum Gasteiger partial charge on any atom is 0.256 e. The molecule has 2 aromatic carbocycles. The molecule has 118 valence electrons. The van der Waals surface area contributed by atoms with Crippen molar-refractivity contribution in [3.8, 4) is 0 Å². The number of carbonyl (C=O) groups is 1. The van der Waals surface area contributed by atoms with Crippen molar-refractivity contribution in [2.24, 2.45) is 5.73 Å². The van der Waals surface area contributed by atoms with Crippen LogP contribution in [0.2, 0.25) is 0 Å². The Morgan fingerprint density at radius 3 is 2.88 bits per heavy atom. The van der Waals surface area contributed by atoms with Crippen molar-refractivity contribution in [1.82, 2.24) is 4.98 Å². The second kappa shape index (κ2) is 5.27. The molecule has 6 nitrogen and oxygen atoms in total. The second-order valence-electron chi connectivity index (χ2n) is 5.60. The Morgan fingerprint density at radius 1 is 1.21 bits per heavy atom. The quantitative estimate of drug-likeness (QED) is 0.285. The lowest BCUT2D eigenvalue weighted by Gasteiger charge is -2.04. The first kappa shape index (κ1) is 14.1. The molecule has 0 atom stereocenters. The molecule has 1 aromatic heterocycles. The Kier molecular flexibility index (Phi) is 3.09. The number of rotatable bonds is 2. The molecule has 4 rings (SSSR count). The van der Waals surface area contributed by atoms with Crippen LogP contribution in [0.15, 0.2) is 48.7 Å². The summed E-state index contributed by atoms with van der Waals surface area (Å²) in [6, 6.07) is 13.3. The minimum atomic E-state index is -0.117. The fourth-order valence-electron chi connectivity index (χ4n) is 2.93. The first-order chi connectivity index (χ1) is 11.6. The highest BCUT2D eigenvalue weighted by atomic mass is 16.2. The number of nitrogens with two attached hydrogens (primary N) is 1. The summed E-state index contributed by atoms with van der Waals surface area (Å²) < 4.78 is 0. The molecule has 1 aliphatic heterocycles. The predicted molar refractivity (Wildman–Crippen MR) is 96.8 cm³/mol. The van der Waals surface area contributed by atoms with Crippen LogP contribution in [-0.4, -0.2) is 16.9 Å². The topological polar surface area (TPSA) is 107 Å². The summed E-state index contributed by atoms with van der Waals surface area (Å²) in [7, 11) is 0. The van der Waals surface area contributed by atoms with Crippen LogP contribution in [0.1, 0.15) is 11.1 Å². The van der Waals surface area contributed by atoms with Gasteiger partial charge in [0.1, 0.15) is 0 Å². The third-order valence-electron chi connectivity index (χ3n) is 4.00. The van der Waals surface area contributed by atoms with E-state index in [9.17, 15) is 4.79 Å². The molecule has 0 unspecified atom stereocenters. The Labute approximate surface area is 137 Å². The van der Waals surface area contributed by atoms with Crippen molar-refractivity contribution in [2.45, 2.75) is 0 Å². The summed E-state index contributed by atoms with van der Waals surface area (Å²) in [6.45, 7) is 0. The molecule has 3 aromatic rings. The maximum atomic E-state index is 12.3. The summed E-state index contributed by atoms with van der Waals surface area (Å²) in [6.07, 6.45) is 3.74. The van der Waals surface area contributed by atoms with E-state index in [0.29, 0.717) is 5.57 Å². The largest absolute Gasteiger partial charge is 0.370 e. The molecule has 6 N–H and O–H groups in total. The predicted octanol–water partition coefficient (Wildman–Crippen LogP) is 2.97. The van der Waals surface area contributed by atoms with Gasteiger partial charge in [-0.25, -0.2) is 0 Å². The smallest absolute Gasteiger partial charge is 0.256 e. The van der Waals surface area contributed by atoms with Gasteiger partial charge in [-0.2, -0.15) is 0 Å². The summed E-state index contributed by atoms with van der Waals surface area (Å²) in [5, 5.41) is 13.9. The highest BCUT2D eigenvalue weighted by Crippen LogP contribution is 2.34. The van der Waals surface area contributed by atoms with Crippen LogP contribution in [0.4, 0.5) is 11.4 Å². The van der Waals surface area contributed by atoms with E-state index < -0.39 is 0 Å². The van der Waals surface area contributed by atoms with Crippen LogP contribution >= 0.6 is 0 Å². The normalized spacial score (nSPS) is 14.7. The number of guanidine groups is 1. The second-order valence-corrected chi connectivity index (χ2v) is 5.60. The third-order valence-corrected chi connectivity index (χ3v) is 4.00. The standard InChI is InChI=1S/C18H15N5O/c19-18(20)22-11-5-6-15-13(8-11)10(9-21-15)7-14-12-3-1-2-4-16(12)23-17(14)24/h1-9,21H,(H,23,24)(H4,19,20,22)/b14-7+. The van der Waals surface area contributed by atoms with Gasteiger partial charge in [0.05, 0.1) is 0 Å².